The summed E-state index contributed by atoms with van der Waals surface area (Å²) >= 11 is 0. The fourth-order valence-electron chi connectivity index (χ4n) is 2.96. The van der Waals surface area contributed by atoms with Crippen LogP contribution in [0.5, 0.6) is 0 Å². The number of nitrogens with zero attached hydrogens (tertiary/aromatic N) is 2. The molecule has 2 atom stereocenters. The molecule has 2 fully saturated rings. The second kappa shape index (κ2) is 6.31. The molecular formula is C13H20F3N3O2. The first-order chi connectivity index (χ1) is 9.80. The van der Waals surface area contributed by atoms with Crippen molar-refractivity contribution < 1.29 is 22.8 Å². The third-order valence-corrected chi connectivity index (χ3v) is 3.99. The van der Waals surface area contributed by atoms with Crippen LogP contribution in [0.2, 0.25) is 0 Å². The van der Waals surface area contributed by atoms with Crippen molar-refractivity contribution in [3.05, 3.63) is 0 Å². The average Bonchev–Trinajstić information content (AvgIpc) is 2.90. The molecule has 0 radical (unpaired) electrons. The van der Waals surface area contributed by atoms with Gasteiger partial charge in [-0.15, -0.1) is 0 Å². The molecule has 2 aliphatic rings. The van der Waals surface area contributed by atoms with Gasteiger partial charge < -0.3 is 5.32 Å². The van der Waals surface area contributed by atoms with E-state index in [4.69, 9.17) is 0 Å². The fraction of sp³-hybridized carbons (Fsp3) is 0.846. The maximum Gasteiger partial charge on any atom is 0.401 e. The molecule has 0 aliphatic carbocycles. The third-order valence-electron chi connectivity index (χ3n) is 3.99. The second-order valence-electron chi connectivity index (χ2n) is 5.65. The Bertz CT molecular complexity index is 414. The highest BCUT2D eigenvalue weighted by Crippen LogP contribution is 2.23. The van der Waals surface area contributed by atoms with Gasteiger partial charge in [0.1, 0.15) is 0 Å². The van der Waals surface area contributed by atoms with Crippen LogP contribution in [0.15, 0.2) is 0 Å². The van der Waals surface area contributed by atoms with Crippen molar-refractivity contribution in [1.29, 1.82) is 0 Å². The molecule has 0 bridgehead atoms. The van der Waals surface area contributed by atoms with Gasteiger partial charge in [0.05, 0.1) is 19.0 Å². The van der Waals surface area contributed by atoms with Gasteiger partial charge in [-0.1, -0.05) is 0 Å². The van der Waals surface area contributed by atoms with Crippen LogP contribution in [0.3, 0.4) is 0 Å². The molecule has 2 unspecified atom stereocenters. The number of carbonyl (C=O) groups excluding carboxylic acids is 2. The number of halogens is 3. The van der Waals surface area contributed by atoms with E-state index in [1.165, 1.54) is 9.80 Å². The number of likely N-dealkylation sites (tertiary alicyclic amines) is 2. The van der Waals surface area contributed by atoms with Crippen LogP contribution >= 0.6 is 0 Å². The second-order valence-corrected chi connectivity index (χ2v) is 5.65. The summed E-state index contributed by atoms with van der Waals surface area (Å²) in [6, 6.07) is -0.519. The molecule has 120 valence electrons. The van der Waals surface area contributed by atoms with Crippen molar-refractivity contribution in [1.82, 2.24) is 15.1 Å². The monoisotopic (exact) mass is 307 g/mol. The van der Waals surface area contributed by atoms with E-state index in [-0.39, 0.29) is 24.2 Å². The van der Waals surface area contributed by atoms with Gasteiger partial charge in [0, 0.05) is 13.1 Å². The molecule has 2 rings (SSSR count). The number of rotatable bonds is 5. The van der Waals surface area contributed by atoms with Crippen LogP contribution in [-0.2, 0) is 9.59 Å². The van der Waals surface area contributed by atoms with Gasteiger partial charge in [-0.05, 0) is 32.4 Å². The van der Waals surface area contributed by atoms with E-state index < -0.39 is 18.8 Å². The summed E-state index contributed by atoms with van der Waals surface area (Å²) in [4.78, 5) is 26.0. The first-order valence-electron chi connectivity index (χ1n) is 7.17. The largest absolute Gasteiger partial charge is 0.401 e. The lowest BCUT2D eigenvalue weighted by molar-refractivity contribution is -0.143. The fourth-order valence-corrected chi connectivity index (χ4v) is 2.96. The van der Waals surface area contributed by atoms with Crippen molar-refractivity contribution >= 4 is 11.8 Å². The van der Waals surface area contributed by atoms with E-state index in [0.29, 0.717) is 32.6 Å². The van der Waals surface area contributed by atoms with Crippen LogP contribution in [0.1, 0.15) is 19.8 Å². The SMILES string of the molecule is CCN1C(=O)CC(NCC2CCN(CC(F)(F)F)C2)C1=O. The van der Waals surface area contributed by atoms with Crippen molar-refractivity contribution in [2.45, 2.75) is 32.0 Å². The lowest BCUT2D eigenvalue weighted by Gasteiger charge is -2.19. The summed E-state index contributed by atoms with van der Waals surface area (Å²) in [5, 5.41) is 3.03. The average molecular weight is 307 g/mol. The van der Waals surface area contributed by atoms with Crippen molar-refractivity contribution in [3.63, 3.8) is 0 Å². The highest BCUT2D eigenvalue weighted by Gasteiger charge is 2.38. The first-order valence-corrected chi connectivity index (χ1v) is 7.17. The Morgan fingerprint density at radius 2 is 2.05 bits per heavy atom. The Morgan fingerprint density at radius 3 is 2.62 bits per heavy atom. The minimum atomic E-state index is -4.17. The minimum absolute atomic E-state index is 0.0888. The van der Waals surface area contributed by atoms with Crippen LogP contribution in [0.4, 0.5) is 13.2 Å². The van der Waals surface area contributed by atoms with Crippen molar-refractivity contribution in [3.8, 4) is 0 Å². The lowest BCUT2D eigenvalue weighted by atomic mass is 10.1. The zero-order valence-electron chi connectivity index (χ0n) is 11.9. The lowest BCUT2D eigenvalue weighted by Crippen LogP contribution is -2.41. The Kier molecular flexibility index (Phi) is 4.88. The van der Waals surface area contributed by atoms with Gasteiger partial charge in [-0.25, -0.2) is 0 Å². The molecule has 2 saturated heterocycles. The summed E-state index contributed by atoms with van der Waals surface area (Å²) in [7, 11) is 0. The van der Waals surface area contributed by atoms with Crippen molar-refractivity contribution in [2.75, 3.05) is 32.7 Å². The Morgan fingerprint density at radius 1 is 1.33 bits per heavy atom. The molecule has 0 spiro atoms. The molecule has 1 N–H and O–H groups in total. The first kappa shape index (κ1) is 16.2. The quantitative estimate of drug-likeness (QED) is 0.756. The van der Waals surface area contributed by atoms with Gasteiger partial charge in [-0.2, -0.15) is 13.2 Å². The molecule has 8 heteroatoms. The third kappa shape index (κ3) is 4.16. The van der Waals surface area contributed by atoms with Crippen molar-refractivity contribution in [2.24, 2.45) is 5.92 Å². The van der Waals surface area contributed by atoms with E-state index in [9.17, 15) is 22.8 Å². The summed E-state index contributed by atoms with van der Waals surface area (Å²) in [5.41, 5.74) is 0. The van der Waals surface area contributed by atoms with Gasteiger partial charge in [0.25, 0.3) is 0 Å². The topological polar surface area (TPSA) is 52.7 Å². The van der Waals surface area contributed by atoms with Gasteiger partial charge >= 0.3 is 6.18 Å². The van der Waals surface area contributed by atoms with Gasteiger partial charge in [-0.3, -0.25) is 19.4 Å². The standard InChI is InChI=1S/C13H20F3N3O2/c1-2-19-11(20)5-10(12(19)21)17-6-9-3-4-18(7-9)8-13(14,15)16/h9-10,17H,2-8H2,1H3. The number of alkyl halides is 3. The Hall–Kier alpha value is -1.15. The van der Waals surface area contributed by atoms with E-state index in [1.54, 1.807) is 6.92 Å². The van der Waals surface area contributed by atoms with E-state index in [2.05, 4.69) is 5.32 Å². The van der Waals surface area contributed by atoms with Crippen LogP contribution in [-0.4, -0.2) is 66.6 Å². The number of amides is 2. The highest BCUT2D eigenvalue weighted by atomic mass is 19.4. The zero-order chi connectivity index (χ0) is 15.6. The molecule has 21 heavy (non-hydrogen) atoms. The Labute approximate surface area is 121 Å². The summed E-state index contributed by atoms with van der Waals surface area (Å²) in [6.07, 6.45) is -3.35. The summed E-state index contributed by atoms with van der Waals surface area (Å²) in [6.45, 7) is 2.48. The predicted molar refractivity (Wildman–Crippen MR) is 69.4 cm³/mol. The maximum absolute atomic E-state index is 12.3. The number of hydrogen-bond acceptors (Lipinski definition) is 4. The molecular weight excluding hydrogens is 287 g/mol. The zero-order valence-corrected chi connectivity index (χ0v) is 11.9. The van der Waals surface area contributed by atoms with Gasteiger partial charge in [0.15, 0.2) is 0 Å². The molecule has 2 amide bonds. The molecule has 0 aromatic carbocycles. The Balaban J connectivity index is 1.75. The molecule has 2 heterocycles. The van der Waals surface area contributed by atoms with E-state index in [0.717, 1.165) is 0 Å². The smallest absolute Gasteiger partial charge is 0.305 e. The molecule has 5 nitrogen and oxygen atoms in total. The molecule has 0 saturated carbocycles. The molecule has 2 aliphatic heterocycles. The number of carbonyl (C=O) groups is 2. The predicted octanol–water partition coefficient (Wildman–Crippen LogP) is 0.608. The van der Waals surface area contributed by atoms with Crippen LogP contribution in [0.25, 0.3) is 0 Å². The van der Waals surface area contributed by atoms with E-state index >= 15 is 0 Å². The number of imide groups is 1. The van der Waals surface area contributed by atoms with Crippen LogP contribution < -0.4 is 5.32 Å². The van der Waals surface area contributed by atoms with Crippen LogP contribution in [0, 0.1) is 5.92 Å². The van der Waals surface area contributed by atoms with E-state index in [1.807, 2.05) is 0 Å². The molecule has 0 aromatic rings. The van der Waals surface area contributed by atoms with Gasteiger partial charge in [0.2, 0.25) is 11.8 Å². The molecule has 0 aromatic heterocycles. The maximum atomic E-state index is 12.3. The minimum Gasteiger partial charge on any atom is -0.305 e. The number of likely N-dealkylation sites (N-methyl/N-ethyl adjacent to an activating group) is 1. The number of nitrogens with one attached hydrogen (secondary N) is 1. The highest BCUT2D eigenvalue weighted by molar-refractivity contribution is 6.05. The normalized spacial score (nSPS) is 27.9. The summed E-state index contributed by atoms with van der Waals surface area (Å²) in [5.74, 6) is -0.330. The summed E-state index contributed by atoms with van der Waals surface area (Å²) < 4.78 is 36.9. The number of hydrogen-bond donors (Lipinski definition) is 1.